The molecule has 0 saturated heterocycles. The maximum absolute atomic E-state index is 12.0. The van der Waals surface area contributed by atoms with Crippen LogP contribution >= 0.6 is 0 Å². The van der Waals surface area contributed by atoms with Crippen LogP contribution in [0.1, 0.15) is 26.3 Å². The highest BCUT2D eigenvalue weighted by atomic mass is 16.5. The fourth-order valence-corrected chi connectivity index (χ4v) is 2.09. The Morgan fingerprint density at radius 3 is 2.48 bits per heavy atom. The van der Waals surface area contributed by atoms with E-state index in [1.807, 2.05) is 0 Å². The largest absolute Gasteiger partial charge is 0.507 e. The van der Waals surface area contributed by atoms with Crippen molar-refractivity contribution >= 4 is 23.5 Å². The van der Waals surface area contributed by atoms with Gasteiger partial charge < -0.3 is 19.9 Å². The van der Waals surface area contributed by atoms with Crippen molar-refractivity contribution < 1.29 is 29.0 Å². The Hall–Kier alpha value is -3.35. The summed E-state index contributed by atoms with van der Waals surface area (Å²) < 4.78 is 9.53. The summed E-state index contributed by atoms with van der Waals surface area (Å²) in [5, 5.41) is 12.2. The summed E-state index contributed by atoms with van der Waals surface area (Å²) in [5.41, 5.74) is 1.17. The molecule has 2 N–H and O–H groups in total. The molecule has 0 atom stereocenters. The van der Waals surface area contributed by atoms with Gasteiger partial charge in [0.2, 0.25) is 0 Å². The van der Waals surface area contributed by atoms with Gasteiger partial charge in [0.05, 0.1) is 18.4 Å². The Morgan fingerprint density at radius 2 is 1.76 bits per heavy atom. The number of anilines is 1. The Kier molecular flexibility index (Phi) is 5.73. The number of methoxy groups -OCH3 is 1. The number of para-hydroxylation sites is 1. The molecule has 0 heterocycles. The molecule has 2 rings (SSSR count). The third kappa shape index (κ3) is 4.57. The smallest absolute Gasteiger partial charge is 0.342 e. The minimum Gasteiger partial charge on any atom is -0.507 e. The van der Waals surface area contributed by atoms with Gasteiger partial charge in [-0.2, -0.15) is 0 Å². The zero-order valence-electron chi connectivity index (χ0n) is 13.7. The van der Waals surface area contributed by atoms with Crippen LogP contribution in [0.25, 0.3) is 0 Å². The first-order valence-corrected chi connectivity index (χ1v) is 7.36. The molecule has 130 valence electrons. The number of aromatic hydroxyl groups is 1. The van der Waals surface area contributed by atoms with Crippen LogP contribution in [-0.2, 0) is 14.3 Å². The molecule has 7 heteroatoms. The molecule has 25 heavy (non-hydrogen) atoms. The zero-order chi connectivity index (χ0) is 18.4. The average Bonchev–Trinajstić information content (AvgIpc) is 2.61. The topological polar surface area (TPSA) is 102 Å². The van der Waals surface area contributed by atoms with E-state index in [9.17, 15) is 19.5 Å². The van der Waals surface area contributed by atoms with E-state index < -0.39 is 24.5 Å². The fraction of sp³-hybridized carbons (Fsp3) is 0.167. The second kappa shape index (κ2) is 7.96. The molecule has 0 aromatic heterocycles. The first kappa shape index (κ1) is 18.0. The van der Waals surface area contributed by atoms with E-state index in [-0.39, 0.29) is 22.6 Å². The van der Waals surface area contributed by atoms with Crippen molar-refractivity contribution in [3.8, 4) is 5.75 Å². The van der Waals surface area contributed by atoms with Gasteiger partial charge in [-0.3, -0.25) is 4.79 Å². The van der Waals surface area contributed by atoms with Gasteiger partial charge in [0.1, 0.15) is 11.3 Å². The van der Waals surface area contributed by atoms with E-state index >= 15 is 0 Å². The summed E-state index contributed by atoms with van der Waals surface area (Å²) >= 11 is 0. The Labute approximate surface area is 144 Å². The van der Waals surface area contributed by atoms with Gasteiger partial charge in [-0.25, -0.2) is 9.59 Å². The van der Waals surface area contributed by atoms with Gasteiger partial charge in [-0.05, 0) is 31.2 Å². The number of rotatable bonds is 5. The molecule has 0 unspecified atom stereocenters. The highest BCUT2D eigenvalue weighted by Gasteiger charge is 2.17. The quantitative estimate of drug-likeness (QED) is 0.808. The summed E-state index contributed by atoms with van der Waals surface area (Å²) in [4.78, 5) is 35.6. The van der Waals surface area contributed by atoms with Crippen LogP contribution < -0.4 is 5.32 Å². The Bertz CT molecular complexity index is 815. The molecule has 2 aromatic rings. The van der Waals surface area contributed by atoms with Gasteiger partial charge in [0, 0.05) is 0 Å². The monoisotopic (exact) mass is 343 g/mol. The molecule has 0 spiro atoms. The lowest BCUT2D eigenvalue weighted by Crippen LogP contribution is -2.22. The molecule has 0 saturated carbocycles. The predicted octanol–water partition coefficient (Wildman–Crippen LogP) is 2.28. The van der Waals surface area contributed by atoms with Crippen LogP contribution in [-0.4, -0.2) is 36.7 Å². The number of phenolic OH excluding ortho intramolecular Hbond substituents is 1. The number of ether oxygens (including phenoxy) is 2. The summed E-state index contributed by atoms with van der Waals surface area (Å²) in [6.45, 7) is 1.19. The maximum atomic E-state index is 12.0. The predicted molar refractivity (Wildman–Crippen MR) is 89.5 cm³/mol. The number of phenols is 1. The summed E-state index contributed by atoms with van der Waals surface area (Å²) in [5.74, 6) is -2.28. The number of esters is 2. The molecular formula is C18H17NO6. The highest BCUT2D eigenvalue weighted by molar-refractivity contribution is 6.02. The van der Waals surface area contributed by atoms with Crippen LogP contribution in [0.4, 0.5) is 5.69 Å². The lowest BCUT2D eigenvalue weighted by molar-refractivity contribution is -0.119. The second-order valence-corrected chi connectivity index (χ2v) is 5.18. The van der Waals surface area contributed by atoms with Crippen molar-refractivity contribution in [2.45, 2.75) is 6.92 Å². The number of aryl methyl sites for hydroxylation is 1. The van der Waals surface area contributed by atoms with Crippen molar-refractivity contribution in [3.05, 3.63) is 59.2 Å². The molecule has 7 nitrogen and oxygen atoms in total. The molecule has 0 aliphatic rings. The van der Waals surface area contributed by atoms with E-state index in [4.69, 9.17) is 4.74 Å². The van der Waals surface area contributed by atoms with Crippen molar-refractivity contribution in [2.75, 3.05) is 19.0 Å². The third-order valence-electron chi connectivity index (χ3n) is 3.31. The van der Waals surface area contributed by atoms with Gasteiger partial charge in [0.15, 0.2) is 6.61 Å². The van der Waals surface area contributed by atoms with Crippen LogP contribution in [0.2, 0.25) is 0 Å². The third-order valence-corrected chi connectivity index (χ3v) is 3.31. The number of hydrogen-bond donors (Lipinski definition) is 2. The van der Waals surface area contributed by atoms with E-state index in [1.165, 1.54) is 31.4 Å². The van der Waals surface area contributed by atoms with Crippen LogP contribution in [0.5, 0.6) is 5.75 Å². The fourth-order valence-electron chi connectivity index (χ4n) is 2.09. The number of benzene rings is 2. The summed E-state index contributed by atoms with van der Waals surface area (Å²) in [7, 11) is 1.23. The molecule has 2 aromatic carbocycles. The standard InChI is InChI=1S/C18H17NO6/c1-11-7-8-15(20)13(9-11)18(23)25-10-16(21)19-14-6-4-3-5-12(14)17(22)24-2/h3-9,20H,10H2,1-2H3,(H,19,21). The summed E-state index contributed by atoms with van der Waals surface area (Å²) in [6.07, 6.45) is 0. The lowest BCUT2D eigenvalue weighted by Gasteiger charge is -2.10. The van der Waals surface area contributed by atoms with E-state index in [2.05, 4.69) is 10.1 Å². The Morgan fingerprint density at radius 1 is 1.04 bits per heavy atom. The van der Waals surface area contributed by atoms with Crippen molar-refractivity contribution in [2.24, 2.45) is 0 Å². The van der Waals surface area contributed by atoms with Gasteiger partial charge in [-0.15, -0.1) is 0 Å². The van der Waals surface area contributed by atoms with Crippen LogP contribution in [0.3, 0.4) is 0 Å². The second-order valence-electron chi connectivity index (χ2n) is 5.18. The van der Waals surface area contributed by atoms with E-state index in [1.54, 1.807) is 25.1 Å². The van der Waals surface area contributed by atoms with E-state index in [0.29, 0.717) is 0 Å². The lowest BCUT2D eigenvalue weighted by atomic mass is 10.1. The molecule has 0 bridgehead atoms. The minimum absolute atomic E-state index is 0.0252. The molecule has 0 aliphatic carbocycles. The van der Waals surface area contributed by atoms with Crippen LogP contribution in [0.15, 0.2) is 42.5 Å². The molecule has 0 radical (unpaired) electrons. The zero-order valence-corrected chi connectivity index (χ0v) is 13.7. The number of carbonyl (C=O) groups is 3. The molecule has 0 aliphatic heterocycles. The summed E-state index contributed by atoms with van der Waals surface area (Å²) in [6, 6.07) is 10.8. The van der Waals surface area contributed by atoms with E-state index in [0.717, 1.165) is 5.56 Å². The van der Waals surface area contributed by atoms with Gasteiger partial charge >= 0.3 is 11.9 Å². The Balaban J connectivity index is 2.01. The highest BCUT2D eigenvalue weighted by Crippen LogP contribution is 2.19. The van der Waals surface area contributed by atoms with Crippen molar-refractivity contribution in [1.82, 2.24) is 0 Å². The van der Waals surface area contributed by atoms with Crippen molar-refractivity contribution in [3.63, 3.8) is 0 Å². The first-order chi connectivity index (χ1) is 11.9. The SMILES string of the molecule is COC(=O)c1ccccc1NC(=O)COC(=O)c1cc(C)ccc1O. The maximum Gasteiger partial charge on any atom is 0.342 e. The number of carbonyl (C=O) groups excluding carboxylic acids is 3. The normalized spacial score (nSPS) is 10.0. The molecular weight excluding hydrogens is 326 g/mol. The number of amides is 1. The number of nitrogens with one attached hydrogen (secondary N) is 1. The molecule has 1 amide bonds. The van der Waals surface area contributed by atoms with Gasteiger partial charge in [0.25, 0.3) is 5.91 Å². The average molecular weight is 343 g/mol. The number of hydrogen-bond acceptors (Lipinski definition) is 6. The van der Waals surface area contributed by atoms with Gasteiger partial charge in [-0.1, -0.05) is 23.8 Å². The minimum atomic E-state index is -0.822. The molecule has 0 fully saturated rings. The van der Waals surface area contributed by atoms with Crippen LogP contribution in [0, 0.1) is 6.92 Å². The first-order valence-electron chi connectivity index (χ1n) is 7.36. The van der Waals surface area contributed by atoms with Crippen molar-refractivity contribution in [1.29, 1.82) is 0 Å².